The van der Waals surface area contributed by atoms with Gasteiger partial charge in [0.25, 0.3) is 0 Å². The van der Waals surface area contributed by atoms with Crippen LogP contribution in [0.5, 0.6) is 0 Å². The summed E-state index contributed by atoms with van der Waals surface area (Å²) >= 11 is 0. The molecule has 0 aliphatic carbocycles. The fraction of sp³-hybridized carbons (Fsp3) is 0.938. The van der Waals surface area contributed by atoms with Crippen LogP contribution >= 0.6 is 0 Å². The van der Waals surface area contributed by atoms with Gasteiger partial charge in [-0.1, -0.05) is 27.7 Å². The van der Waals surface area contributed by atoms with Crippen molar-refractivity contribution in [1.82, 2.24) is 4.90 Å². The third-order valence-corrected chi connectivity index (χ3v) is 4.00. The molecule has 0 aromatic heterocycles. The molecule has 18 heavy (non-hydrogen) atoms. The van der Waals surface area contributed by atoms with Crippen LogP contribution in [0.15, 0.2) is 0 Å². The minimum absolute atomic E-state index is 0.00155. The minimum Gasteiger partial charge on any atom is -0.292 e. The van der Waals surface area contributed by atoms with E-state index in [4.69, 9.17) is 0 Å². The summed E-state index contributed by atoms with van der Waals surface area (Å²) in [7, 11) is 0. The van der Waals surface area contributed by atoms with Crippen molar-refractivity contribution < 1.29 is 0 Å². The van der Waals surface area contributed by atoms with Gasteiger partial charge in [-0.15, -0.1) is 0 Å². The van der Waals surface area contributed by atoms with Crippen LogP contribution in [-0.2, 0) is 0 Å². The van der Waals surface area contributed by atoms with Crippen molar-refractivity contribution >= 4 is 0 Å². The molecule has 0 fully saturated rings. The van der Waals surface area contributed by atoms with E-state index in [1.54, 1.807) is 0 Å². The standard InChI is InChI=1S/C16H32N2/c1-8-12-18(15(5,6)9-2)16(7,10-11-17)13-14(3)4/h14H,8-10,12-13H2,1-7H3. The zero-order chi connectivity index (χ0) is 14.4. The molecule has 1 unspecified atom stereocenters. The monoisotopic (exact) mass is 252 g/mol. The highest BCUT2D eigenvalue weighted by Gasteiger charge is 2.39. The molecule has 2 heteroatoms. The molecule has 2 nitrogen and oxygen atoms in total. The SMILES string of the molecule is CCCN(C(C)(C)CC)C(C)(CC#N)CC(C)C. The van der Waals surface area contributed by atoms with Gasteiger partial charge in [0.05, 0.1) is 12.5 Å². The first-order chi connectivity index (χ1) is 8.23. The maximum atomic E-state index is 9.19. The Balaban J connectivity index is 5.29. The van der Waals surface area contributed by atoms with Crippen molar-refractivity contribution in [3.63, 3.8) is 0 Å². The first-order valence-electron chi connectivity index (χ1n) is 7.38. The number of hydrogen-bond acceptors (Lipinski definition) is 2. The molecule has 0 N–H and O–H groups in total. The van der Waals surface area contributed by atoms with Gasteiger partial charge in [0.15, 0.2) is 0 Å². The van der Waals surface area contributed by atoms with E-state index in [1.165, 1.54) is 0 Å². The predicted molar refractivity (Wildman–Crippen MR) is 79.5 cm³/mol. The molecular weight excluding hydrogens is 220 g/mol. The summed E-state index contributed by atoms with van der Waals surface area (Å²) in [6, 6.07) is 2.41. The van der Waals surface area contributed by atoms with Crippen LogP contribution in [0.4, 0.5) is 0 Å². The molecule has 1 atom stereocenters. The molecule has 0 amide bonds. The number of nitriles is 1. The van der Waals surface area contributed by atoms with Crippen molar-refractivity contribution in [2.75, 3.05) is 6.54 Å². The predicted octanol–water partition coefficient (Wildman–Crippen LogP) is 4.61. The lowest BCUT2D eigenvalue weighted by Crippen LogP contribution is -2.57. The highest BCUT2D eigenvalue weighted by molar-refractivity contribution is 4.99. The van der Waals surface area contributed by atoms with Crippen molar-refractivity contribution in [3.8, 4) is 6.07 Å². The zero-order valence-electron chi connectivity index (χ0n) is 13.5. The maximum absolute atomic E-state index is 9.19. The molecule has 0 bridgehead atoms. The fourth-order valence-corrected chi connectivity index (χ4v) is 3.05. The smallest absolute Gasteiger partial charge is 0.0641 e. The van der Waals surface area contributed by atoms with E-state index in [0.717, 1.165) is 25.8 Å². The van der Waals surface area contributed by atoms with E-state index >= 15 is 0 Å². The Hall–Kier alpha value is -0.550. The summed E-state index contributed by atoms with van der Waals surface area (Å²) in [4.78, 5) is 2.57. The van der Waals surface area contributed by atoms with Crippen LogP contribution in [0.1, 0.15) is 74.1 Å². The summed E-state index contributed by atoms with van der Waals surface area (Å²) in [6.45, 7) is 16.9. The Morgan fingerprint density at radius 1 is 1.17 bits per heavy atom. The summed E-state index contributed by atoms with van der Waals surface area (Å²) in [5.74, 6) is 0.621. The first-order valence-corrected chi connectivity index (χ1v) is 7.38. The molecule has 0 heterocycles. The van der Waals surface area contributed by atoms with Crippen LogP contribution in [0.25, 0.3) is 0 Å². The lowest BCUT2D eigenvalue weighted by Gasteiger charge is -2.50. The molecule has 0 saturated carbocycles. The second-order valence-electron chi connectivity index (χ2n) is 6.75. The Morgan fingerprint density at radius 3 is 2.06 bits per heavy atom. The summed E-state index contributed by atoms with van der Waals surface area (Å²) in [5, 5.41) is 9.19. The summed E-state index contributed by atoms with van der Waals surface area (Å²) < 4.78 is 0. The normalized spacial score (nSPS) is 15.8. The topological polar surface area (TPSA) is 27.0 Å². The third kappa shape index (κ3) is 4.61. The maximum Gasteiger partial charge on any atom is 0.0641 e. The molecule has 0 aromatic carbocycles. The zero-order valence-corrected chi connectivity index (χ0v) is 13.5. The van der Waals surface area contributed by atoms with Gasteiger partial charge in [0.2, 0.25) is 0 Å². The number of hydrogen-bond donors (Lipinski definition) is 0. The van der Waals surface area contributed by atoms with Crippen LogP contribution in [0.2, 0.25) is 0 Å². The Bertz CT molecular complexity index is 275. The largest absolute Gasteiger partial charge is 0.292 e. The Labute approximate surface area is 114 Å². The van der Waals surface area contributed by atoms with E-state index in [9.17, 15) is 5.26 Å². The molecule has 0 rings (SSSR count). The second kappa shape index (κ2) is 7.14. The van der Waals surface area contributed by atoms with Gasteiger partial charge >= 0.3 is 0 Å². The van der Waals surface area contributed by atoms with E-state index in [1.807, 2.05) is 0 Å². The Kier molecular flexibility index (Phi) is 6.92. The molecule has 0 saturated heterocycles. The molecule has 106 valence electrons. The van der Waals surface area contributed by atoms with Gasteiger partial charge in [-0.2, -0.15) is 5.26 Å². The fourth-order valence-electron chi connectivity index (χ4n) is 3.05. The highest BCUT2D eigenvalue weighted by atomic mass is 15.2. The molecule has 0 aliphatic heterocycles. The molecular formula is C16H32N2. The average Bonchev–Trinajstić information content (AvgIpc) is 2.24. The number of nitrogens with zero attached hydrogens (tertiary/aromatic N) is 2. The lowest BCUT2D eigenvalue weighted by atomic mass is 9.81. The molecule has 0 spiro atoms. The summed E-state index contributed by atoms with van der Waals surface area (Å²) in [6.07, 6.45) is 3.97. The van der Waals surface area contributed by atoms with Gasteiger partial charge < -0.3 is 0 Å². The van der Waals surface area contributed by atoms with E-state index in [-0.39, 0.29) is 11.1 Å². The van der Waals surface area contributed by atoms with Gasteiger partial charge in [-0.3, -0.25) is 4.90 Å². The van der Waals surface area contributed by atoms with E-state index in [0.29, 0.717) is 12.3 Å². The quantitative estimate of drug-likeness (QED) is 0.631. The van der Waals surface area contributed by atoms with E-state index in [2.05, 4.69) is 59.4 Å². The highest BCUT2D eigenvalue weighted by Crippen LogP contribution is 2.35. The Morgan fingerprint density at radius 2 is 1.72 bits per heavy atom. The van der Waals surface area contributed by atoms with Crippen LogP contribution in [-0.4, -0.2) is 22.5 Å². The molecule has 0 radical (unpaired) electrons. The second-order valence-corrected chi connectivity index (χ2v) is 6.75. The van der Waals surface area contributed by atoms with Crippen LogP contribution < -0.4 is 0 Å². The van der Waals surface area contributed by atoms with E-state index < -0.39 is 0 Å². The van der Waals surface area contributed by atoms with Crippen molar-refractivity contribution in [2.45, 2.75) is 85.2 Å². The minimum atomic E-state index is -0.00155. The first kappa shape index (κ1) is 17.4. The average molecular weight is 252 g/mol. The number of rotatable bonds is 8. The molecule has 0 aliphatic rings. The van der Waals surface area contributed by atoms with Crippen molar-refractivity contribution in [3.05, 3.63) is 0 Å². The van der Waals surface area contributed by atoms with Gasteiger partial charge in [-0.25, -0.2) is 0 Å². The molecule has 0 aromatic rings. The van der Waals surface area contributed by atoms with Crippen molar-refractivity contribution in [1.29, 1.82) is 5.26 Å². The lowest BCUT2D eigenvalue weighted by molar-refractivity contribution is -0.00676. The van der Waals surface area contributed by atoms with Crippen LogP contribution in [0.3, 0.4) is 0 Å². The van der Waals surface area contributed by atoms with Crippen molar-refractivity contribution in [2.24, 2.45) is 5.92 Å². The van der Waals surface area contributed by atoms with Gasteiger partial charge in [0, 0.05) is 11.1 Å². The summed E-state index contributed by atoms with van der Waals surface area (Å²) in [5.41, 5.74) is 0.162. The van der Waals surface area contributed by atoms with Gasteiger partial charge in [-0.05, 0) is 52.5 Å². The third-order valence-electron chi connectivity index (χ3n) is 4.00. The van der Waals surface area contributed by atoms with Crippen LogP contribution in [0, 0.1) is 17.2 Å². The van der Waals surface area contributed by atoms with Gasteiger partial charge in [0.1, 0.15) is 0 Å².